The number of halogens is 1. The molecule has 0 aromatic heterocycles. The highest BCUT2D eigenvalue weighted by Crippen LogP contribution is 2.36. The minimum absolute atomic E-state index is 0.327. The Morgan fingerprint density at radius 3 is 2.57 bits per heavy atom. The normalized spacial score (nSPS) is 17.4. The number of nitrogens with one attached hydrogen (secondary N) is 1. The summed E-state index contributed by atoms with van der Waals surface area (Å²) in [6.45, 7) is 4.28. The number of benzene rings is 2. The first kappa shape index (κ1) is 14.5. The summed E-state index contributed by atoms with van der Waals surface area (Å²) in [7, 11) is 0. The van der Waals surface area contributed by atoms with Gasteiger partial charge in [-0.25, -0.2) is 0 Å². The standard InChI is InChI=1S/C18H20BrNO/c1-11-8-14(19)9-12(2)18(11)20-17-5-3-4-13-10-15(21)6-7-16(13)17/h6-10,17,20-21H,3-5H2,1-2H3. The van der Waals surface area contributed by atoms with Gasteiger partial charge in [0.25, 0.3) is 0 Å². The number of hydrogen-bond acceptors (Lipinski definition) is 2. The first-order valence-electron chi connectivity index (χ1n) is 7.39. The fourth-order valence-corrected chi connectivity index (χ4v) is 3.95. The summed E-state index contributed by atoms with van der Waals surface area (Å²) in [5, 5.41) is 13.4. The summed E-state index contributed by atoms with van der Waals surface area (Å²) in [4.78, 5) is 0. The molecule has 0 fully saturated rings. The van der Waals surface area contributed by atoms with E-state index in [1.807, 2.05) is 6.07 Å². The van der Waals surface area contributed by atoms with Crippen LogP contribution in [0.2, 0.25) is 0 Å². The second-order valence-electron chi connectivity index (χ2n) is 5.89. The molecule has 3 rings (SSSR count). The van der Waals surface area contributed by atoms with E-state index in [4.69, 9.17) is 0 Å². The van der Waals surface area contributed by atoms with Crippen LogP contribution in [-0.2, 0) is 6.42 Å². The second-order valence-corrected chi connectivity index (χ2v) is 6.80. The molecule has 0 heterocycles. The Bertz CT molecular complexity index is 658. The van der Waals surface area contributed by atoms with Gasteiger partial charge < -0.3 is 10.4 Å². The Morgan fingerprint density at radius 2 is 1.86 bits per heavy atom. The monoisotopic (exact) mass is 345 g/mol. The van der Waals surface area contributed by atoms with Gasteiger partial charge in [0.1, 0.15) is 5.75 Å². The number of aromatic hydroxyl groups is 1. The Hall–Kier alpha value is -1.48. The smallest absolute Gasteiger partial charge is 0.115 e. The maximum Gasteiger partial charge on any atom is 0.115 e. The van der Waals surface area contributed by atoms with Crippen LogP contribution in [-0.4, -0.2) is 5.11 Å². The molecule has 0 amide bonds. The van der Waals surface area contributed by atoms with Crippen LogP contribution in [0.3, 0.4) is 0 Å². The fraction of sp³-hybridized carbons (Fsp3) is 0.333. The molecule has 1 aliphatic rings. The molecule has 0 saturated carbocycles. The van der Waals surface area contributed by atoms with Crippen LogP contribution in [0.25, 0.3) is 0 Å². The first-order valence-corrected chi connectivity index (χ1v) is 8.19. The minimum atomic E-state index is 0.327. The van der Waals surface area contributed by atoms with E-state index < -0.39 is 0 Å². The van der Waals surface area contributed by atoms with Crippen molar-refractivity contribution in [2.45, 2.75) is 39.2 Å². The molecule has 1 unspecified atom stereocenters. The molecular formula is C18H20BrNO. The van der Waals surface area contributed by atoms with Crippen molar-refractivity contribution in [1.82, 2.24) is 0 Å². The Labute approximate surface area is 134 Å². The minimum Gasteiger partial charge on any atom is -0.508 e. The van der Waals surface area contributed by atoms with Crippen LogP contribution in [0.15, 0.2) is 34.8 Å². The van der Waals surface area contributed by atoms with E-state index in [0.717, 1.165) is 23.7 Å². The molecule has 0 aliphatic heterocycles. The van der Waals surface area contributed by atoms with Gasteiger partial charge in [0.15, 0.2) is 0 Å². The van der Waals surface area contributed by atoms with Crippen molar-refractivity contribution in [3.8, 4) is 5.75 Å². The Kier molecular flexibility index (Phi) is 3.94. The van der Waals surface area contributed by atoms with Crippen molar-refractivity contribution in [2.75, 3.05) is 5.32 Å². The second kappa shape index (κ2) is 5.72. The van der Waals surface area contributed by atoms with Gasteiger partial charge in [-0.05, 0) is 79.6 Å². The van der Waals surface area contributed by atoms with Crippen LogP contribution in [0, 0.1) is 13.8 Å². The highest BCUT2D eigenvalue weighted by atomic mass is 79.9. The molecular weight excluding hydrogens is 326 g/mol. The van der Waals surface area contributed by atoms with Crippen molar-refractivity contribution in [3.05, 3.63) is 57.1 Å². The Morgan fingerprint density at radius 1 is 1.14 bits per heavy atom. The molecule has 0 saturated heterocycles. The van der Waals surface area contributed by atoms with E-state index in [0.29, 0.717) is 11.8 Å². The largest absolute Gasteiger partial charge is 0.508 e. The number of fused-ring (bicyclic) bond motifs is 1. The van der Waals surface area contributed by atoms with Gasteiger partial charge in [0.2, 0.25) is 0 Å². The highest BCUT2D eigenvalue weighted by molar-refractivity contribution is 9.10. The lowest BCUT2D eigenvalue weighted by Crippen LogP contribution is -2.18. The van der Waals surface area contributed by atoms with Crippen molar-refractivity contribution >= 4 is 21.6 Å². The van der Waals surface area contributed by atoms with Gasteiger partial charge in [0.05, 0.1) is 6.04 Å². The number of phenols is 1. The van der Waals surface area contributed by atoms with Crippen LogP contribution >= 0.6 is 15.9 Å². The number of anilines is 1. The molecule has 3 heteroatoms. The highest BCUT2D eigenvalue weighted by Gasteiger charge is 2.21. The lowest BCUT2D eigenvalue weighted by molar-refractivity contribution is 0.472. The number of rotatable bonds is 2. The van der Waals surface area contributed by atoms with Crippen LogP contribution in [0.1, 0.15) is 41.1 Å². The zero-order chi connectivity index (χ0) is 15.0. The lowest BCUT2D eigenvalue weighted by Gasteiger charge is -2.29. The number of hydrogen-bond donors (Lipinski definition) is 2. The average Bonchev–Trinajstić information content (AvgIpc) is 2.42. The summed E-state index contributed by atoms with van der Waals surface area (Å²) in [5.74, 6) is 0.366. The zero-order valence-electron chi connectivity index (χ0n) is 12.4. The third-order valence-electron chi connectivity index (χ3n) is 4.26. The molecule has 2 nitrogen and oxygen atoms in total. The maximum atomic E-state index is 9.66. The summed E-state index contributed by atoms with van der Waals surface area (Å²) in [6.07, 6.45) is 3.34. The van der Waals surface area contributed by atoms with Gasteiger partial charge in [-0.1, -0.05) is 22.0 Å². The predicted molar refractivity (Wildman–Crippen MR) is 91.0 cm³/mol. The van der Waals surface area contributed by atoms with Gasteiger partial charge in [-0.15, -0.1) is 0 Å². The van der Waals surface area contributed by atoms with Gasteiger partial charge >= 0.3 is 0 Å². The van der Waals surface area contributed by atoms with Crippen molar-refractivity contribution < 1.29 is 5.11 Å². The fourth-order valence-electron chi connectivity index (χ4n) is 3.26. The quantitative estimate of drug-likeness (QED) is 0.777. The van der Waals surface area contributed by atoms with E-state index in [1.54, 1.807) is 6.07 Å². The Balaban J connectivity index is 1.94. The van der Waals surface area contributed by atoms with E-state index in [9.17, 15) is 5.11 Å². The zero-order valence-corrected chi connectivity index (χ0v) is 14.0. The maximum absolute atomic E-state index is 9.66. The van der Waals surface area contributed by atoms with Crippen molar-refractivity contribution in [3.63, 3.8) is 0 Å². The van der Waals surface area contributed by atoms with Crippen molar-refractivity contribution in [1.29, 1.82) is 0 Å². The summed E-state index contributed by atoms with van der Waals surface area (Å²) in [6, 6.07) is 10.4. The van der Waals surface area contributed by atoms with Crippen LogP contribution < -0.4 is 5.32 Å². The molecule has 1 aliphatic carbocycles. The van der Waals surface area contributed by atoms with Gasteiger partial charge in [0, 0.05) is 10.2 Å². The van der Waals surface area contributed by atoms with E-state index in [1.165, 1.54) is 27.9 Å². The van der Waals surface area contributed by atoms with E-state index >= 15 is 0 Å². The third-order valence-corrected chi connectivity index (χ3v) is 4.71. The summed E-state index contributed by atoms with van der Waals surface area (Å²) in [5.41, 5.74) is 6.33. The molecule has 21 heavy (non-hydrogen) atoms. The number of phenolic OH excluding ortho intramolecular Hbond substituents is 1. The lowest BCUT2D eigenvalue weighted by atomic mass is 9.87. The molecule has 0 bridgehead atoms. The van der Waals surface area contributed by atoms with Crippen molar-refractivity contribution in [2.24, 2.45) is 0 Å². The van der Waals surface area contributed by atoms with E-state index in [-0.39, 0.29) is 0 Å². The topological polar surface area (TPSA) is 32.3 Å². The third kappa shape index (κ3) is 2.93. The van der Waals surface area contributed by atoms with Crippen LogP contribution in [0.5, 0.6) is 5.75 Å². The summed E-state index contributed by atoms with van der Waals surface area (Å²) >= 11 is 3.55. The molecule has 110 valence electrons. The molecule has 2 aromatic rings. The predicted octanol–water partition coefficient (Wildman–Crippen LogP) is 5.26. The molecule has 0 spiro atoms. The first-order chi connectivity index (χ1) is 10.0. The number of aryl methyl sites for hydroxylation is 3. The van der Waals surface area contributed by atoms with Gasteiger partial charge in [-0.3, -0.25) is 0 Å². The summed E-state index contributed by atoms with van der Waals surface area (Å²) < 4.78 is 1.12. The molecule has 1 atom stereocenters. The molecule has 2 aromatic carbocycles. The molecule has 0 radical (unpaired) electrons. The molecule has 2 N–H and O–H groups in total. The van der Waals surface area contributed by atoms with Crippen LogP contribution in [0.4, 0.5) is 5.69 Å². The van der Waals surface area contributed by atoms with E-state index in [2.05, 4.69) is 53.3 Å². The van der Waals surface area contributed by atoms with Gasteiger partial charge in [-0.2, -0.15) is 0 Å². The average molecular weight is 346 g/mol. The SMILES string of the molecule is Cc1cc(Br)cc(C)c1NC1CCCc2cc(O)ccc21.